The van der Waals surface area contributed by atoms with Crippen LogP contribution in [0.4, 0.5) is 10.5 Å². The first-order valence-electron chi connectivity index (χ1n) is 11.6. The van der Waals surface area contributed by atoms with Gasteiger partial charge in [0.25, 0.3) is 11.8 Å². The number of anilines is 1. The van der Waals surface area contributed by atoms with E-state index in [0.29, 0.717) is 18.7 Å². The molecule has 2 aliphatic rings. The van der Waals surface area contributed by atoms with Crippen molar-refractivity contribution in [1.82, 2.24) is 15.5 Å². The van der Waals surface area contributed by atoms with Crippen LogP contribution < -0.4 is 16.0 Å². The summed E-state index contributed by atoms with van der Waals surface area (Å²) in [6, 6.07) is 3.89. The highest BCUT2D eigenvalue weighted by atomic mass is 16.6. The van der Waals surface area contributed by atoms with E-state index < -0.39 is 41.4 Å². The molecule has 3 N–H and O–H groups in total. The Morgan fingerprint density at radius 3 is 2.56 bits per heavy atom. The first-order chi connectivity index (χ1) is 16.0. The van der Waals surface area contributed by atoms with Crippen molar-refractivity contribution in [2.75, 3.05) is 11.9 Å². The summed E-state index contributed by atoms with van der Waals surface area (Å²) in [6.45, 7) is 7.78. The molecule has 1 aromatic carbocycles. The number of carbonyl (C=O) groups excluding carboxylic acids is 5. The van der Waals surface area contributed by atoms with E-state index in [1.54, 1.807) is 39.0 Å². The Morgan fingerprint density at radius 1 is 1.18 bits per heavy atom. The van der Waals surface area contributed by atoms with Gasteiger partial charge in [0.15, 0.2) is 0 Å². The fraction of sp³-hybridized carbons (Fsp3) is 0.542. The van der Waals surface area contributed by atoms with Crippen molar-refractivity contribution in [3.8, 4) is 0 Å². The number of piperidine rings is 1. The Labute approximate surface area is 198 Å². The van der Waals surface area contributed by atoms with Gasteiger partial charge in [0, 0.05) is 24.7 Å². The number of benzene rings is 1. The predicted octanol–water partition coefficient (Wildman–Crippen LogP) is 2.58. The average Bonchev–Trinajstić information content (AvgIpc) is 2.98. The number of rotatable bonds is 8. The lowest BCUT2D eigenvalue weighted by Gasteiger charge is -2.28. The third-order valence-electron chi connectivity index (χ3n) is 5.63. The molecule has 0 aromatic heterocycles. The molecule has 0 radical (unpaired) electrons. The standard InChI is InChI=1S/C24H32N4O6/c1-5-7-14(12-13-25-23(33)34-24(2,3)4)26-16-9-6-8-15-19(16)22(32)28(21(15)31)17-10-11-18(29)27-20(17)30/h6,8-9,14,17,26H,5,7,10-13H2,1-4H3,(H,25,33)(H,27,29,30). The van der Waals surface area contributed by atoms with E-state index in [-0.39, 0.29) is 30.0 Å². The van der Waals surface area contributed by atoms with Gasteiger partial charge in [-0.3, -0.25) is 29.4 Å². The maximum absolute atomic E-state index is 13.3. The SMILES string of the molecule is CCCC(CCNC(=O)OC(C)(C)C)Nc1cccc2c1C(=O)N(C1CCC(=O)NC1=O)C2=O. The smallest absolute Gasteiger partial charge is 0.407 e. The van der Waals surface area contributed by atoms with Gasteiger partial charge in [0.2, 0.25) is 11.8 Å². The summed E-state index contributed by atoms with van der Waals surface area (Å²) < 4.78 is 5.26. The molecular formula is C24H32N4O6. The van der Waals surface area contributed by atoms with Crippen molar-refractivity contribution in [1.29, 1.82) is 0 Å². The minimum Gasteiger partial charge on any atom is -0.444 e. The van der Waals surface area contributed by atoms with Crippen molar-refractivity contribution >= 4 is 35.4 Å². The first-order valence-corrected chi connectivity index (χ1v) is 11.6. The van der Waals surface area contributed by atoms with Gasteiger partial charge in [-0.25, -0.2) is 4.79 Å². The summed E-state index contributed by atoms with van der Waals surface area (Å²) in [6.07, 6.45) is 1.90. The van der Waals surface area contributed by atoms with Crippen LogP contribution in [0.2, 0.25) is 0 Å². The van der Waals surface area contributed by atoms with Gasteiger partial charge in [-0.1, -0.05) is 19.4 Å². The molecule has 5 amide bonds. The Bertz CT molecular complexity index is 1000. The lowest BCUT2D eigenvalue weighted by Crippen LogP contribution is -2.54. The normalized spacial score (nSPS) is 18.9. The number of hydrogen-bond donors (Lipinski definition) is 3. The minimum absolute atomic E-state index is 0.0676. The number of hydrogen-bond acceptors (Lipinski definition) is 7. The zero-order chi connectivity index (χ0) is 25.0. The molecule has 2 unspecified atom stereocenters. The minimum atomic E-state index is -1.01. The summed E-state index contributed by atoms with van der Waals surface area (Å²) in [5.41, 5.74) is 0.360. The fourth-order valence-electron chi connectivity index (χ4n) is 4.15. The highest BCUT2D eigenvalue weighted by Crippen LogP contribution is 2.33. The molecule has 1 aromatic rings. The zero-order valence-electron chi connectivity index (χ0n) is 20.0. The number of imide groups is 2. The van der Waals surface area contributed by atoms with Crippen LogP contribution in [0.3, 0.4) is 0 Å². The van der Waals surface area contributed by atoms with E-state index in [1.807, 2.05) is 6.92 Å². The number of ether oxygens (including phenoxy) is 1. The van der Waals surface area contributed by atoms with E-state index in [9.17, 15) is 24.0 Å². The van der Waals surface area contributed by atoms with Crippen molar-refractivity contribution < 1.29 is 28.7 Å². The molecule has 0 saturated carbocycles. The molecule has 0 aliphatic carbocycles. The Kier molecular flexibility index (Phi) is 7.58. The highest BCUT2D eigenvalue weighted by molar-refractivity contribution is 6.25. The van der Waals surface area contributed by atoms with E-state index in [1.165, 1.54) is 0 Å². The number of nitrogens with one attached hydrogen (secondary N) is 3. The Balaban J connectivity index is 1.72. The molecule has 10 heteroatoms. The van der Waals surface area contributed by atoms with E-state index >= 15 is 0 Å². The van der Waals surface area contributed by atoms with Crippen LogP contribution in [0, 0.1) is 0 Å². The molecule has 2 heterocycles. The van der Waals surface area contributed by atoms with Gasteiger partial charge in [0.05, 0.1) is 11.1 Å². The maximum Gasteiger partial charge on any atom is 0.407 e. The molecule has 1 saturated heterocycles. The molecule has 10 nitrogen and oxygen atoms in total. The van der Waals surface area contributed by atoms with Crippen molar-refractivity contribution in [3.63, 3.8) is 0 Å². The number of amides is 5. The molecule has 1 fully saturated rings. The molecule has 0 bridgehead atoms. The van der Waals surface area contributed by atoms with Gasteiger partial charge in [-0.05, 0) is 52.2 Å². The van der Waals surface area contributed by atoms with Crippen LogP contribution >= 0.6 is 0 Å². The van der Waals surface area contributed by atoms with Crippen molar-refractivity contribution in [3.05, 3.63) is 29.3 Å². The zero-order valence-corrected chi connectivity index (χ0v) is 20.0. The predicted molar refractivity (Wildman–Crippen MR) is 124 cm³/mol. The third kappa shape index (κ3) is 5.73. The van der Waals surface area contributed by atoms with E-state index in [4.69, 9.17) is 4.74 Å². The summed E-state index contributed by atoms with van der Waals surface area (Å²) >= 11 is 0. The summed E-state index contributed by atoms with van der Waals surface area (Å²) in [4.78, 5) is 62.9. The molecular weight excluding hydrogens is 440 g/mol. The van der Waals surface area contributed by atoms with Gasteiger partial charge in [0.1, 0.15) is 11.6 Å². The van der Waals surface area contributed by atoms with Gasteiger partial charge < -0.3 is 15.4 Å². The second-order valence-corrected chi connectivity index (χ2v) is 9.52. The molecule has 34 heavy (non-hydrogen) atoms. The summed E-state index contributed by atoms with van der Waals surface area (Å²) in [5, 5.41) is 8.29. The van der Waals surface area contributed by atoms with E-state index in [2.05, 4.69) is 16.0 Å². The molecule has 3 rings (SSSR count). The number of fused-ring (bicyclic) bond motifs is 1. The molecule has 2 atom stereocenters. The maximum atomic E-state index is 13.3. The largest absolute Gasteiger partial charge is 0.444 e. The molecule has 0 spiro atoms. The summed E-state index contributed by atoms with van der Waals surface area (Å²) in [5.74, 6) is -2.16. The van der Waals surface area contributed by atoms with Crippen LogP contribution in [0.15, 0.2) is 18.2 Å². The Hall–Kier alpha value is -3.43. The van der Waals surface area contributed by atoms with Crippen molar-refractivity contribution in [2.45, 2.75) is 77.5 Å². The Morgan fingerprint density at radius 2 is 1.91 bits per heavy atom. The number of alkyl carbamates (subject to hydrolysis) is 1. The van der Waals surface area contributed by atoms with E-state index in [0.717, 1.165) is 17.7 Å². The second kappa shape index (κ2) is 10.2. The van der Waals surface area contributed by atoms with Crippen LogP contribution in [-0.4, -0.2) is 58.9 Å². The van der Waals surface area contributed by atoms with Crippen LogP contribution in [0.25, 0.3) is 0 Å². The monoisotopic (exact) mass is 472 g/mol. The molecule has 2 aliphatic heterocycles. The lowest BCUT2D eigenvalue weighted by atomic mass is 10.0. The number of carbonyl (C=O) groups is 5. The van der Waals surface area contributed by atoms with Crippen LogP contribution in [-0.2, 0) is 14.3 Å². The first kappa shape index (κ1) is 25.2. The topological polar surface area (TPSA) is 134 Å². The second-order valence-electron chi connectivity index (χ2n) is 9.52. The quantitative estimate of drug-likeness (QED) is 0.495. The van der Waals surface area contributed by atoms with Gasteiger partial charge >= 0.3 is 6.09 Å². The van der Waals surface area contributed by atoms with Crippen molar-refractivity contribution in [2.24, 2.45) is 0 Å². The third-order valence-corrected chi connectivity index (χ3v) is 5.63. The van der Waals surface area contributed by atoms with Crippen LogP contribution in [0.5, 0.6) is 0 Å². The highest BCUT2D eigenvalue weighted by Gasteiger charge is 2.45. The van der Waals surface area contributed by atoms with Crippen LogP contribution in [0.1, 0.15) is 80.5 Å². The van der Waals surface area contributed by atoms with Gasteiger partial charge in [-0.15, -0.1) is 0 Å². The van der Waals surface area contributed by atoms with Gasteiger partial charge in [-0.2, -0.15) is 0 Å². The molecule has 184 valence electrons. The fourth-order valence-corrected chi connectivity index (χ4v) is 4.15. The summed E-state index contributed by atoms with van der Waals surface area (Å²) in [7, 11) is 0. The lowest BCUT2D eigenvalue weighted by molar-refractivity contribution is -0.136. The average molecular weight is 473 g/mol. The number of nitrogens with zero attached hydrogens (tertiary/aromatic N) is 1.